The molecular formula is C28H38FN5O6S. The van der Waals surface area contributed by atoms with Gasteiger partial charge in [-0.2, -0.15) is 5.10 Å². The fourth-order valence-electron chi connectivity index (χ4n) is 4.29. The molecule has 0 spiro atoms. The first kappa shape index (κ1) is 31.7. The van der Waals surface area contributed by atoms with Crippen LogP contribution in [0.5, 0.6) is 5.75 Å². The first-order chi connectivity index (χ1) is 19.5. The normalized spacial score (nSPS) is 11.8. The molecule has 0 saturated carbocycles. The minimum Gasteiger partial charge on any atom is -0.496 e. The number of hydrogen-bond acceptors (Lipinski definition) is 8. The Kier molecular flexibility index (Phi) is 11.0. The van der Waals surface area contributed by atoms with Gasteiger partial charge in [-0.05, 0) is 63.9 Å². The van der Waals surface area contributed by atoms with Gasteiger partial charge < -0.3 is 19.9 Å². The molecule has 4 rings (SSSR count). The predicted octanol–water partition coefficient (Wildman–Crippen LogP) is 3.07. The topological polar surface area (TPSA) is 130 Å². The summed E-state index contributed by atoms with van der Waals surface area (Å²) in [4.78, 5) is 40.6. The first-order valence-corrected chi connectivity index (χ1v) is 13.9. The highest BCUT2D eigenvalue weighted by Gasteiger charge is 2.26. The molecule has 1 unspecified atom stereocenters. The molecular weight excluding hydrogens is 553 g/mol. The maximum atomic E-state index is 13.9. The highest BCUT2D eigenvalue weighted by molar-refractivity contribution is 7.21. The zero-order valence-corrected chi connectivity index (χ0v) is 24.8. The lowest BCUT2D eigenvalue weighted by Gasteiger charge is -2.19. The number of aryl methyl sites for hydroxylation is 3. The number of amides is 1. The second kappa shape index (κ2) is 14.2. The van der Waals surface area contributed by atoms with Gasteiger partial charge >= 0.3 is 5.69 Å². The van der Waals surface area contributed by atoms with Gasteiger partial charge in [0.15, 0.2) is 0 Å². The molecule has 0 aliphatic carbocycles. The Morgan fingerprint density at radius 2 is 1.98 bits per heavy atom. The summed E-state index contributed by atoms with van der Waals surface area (Å²) < 4.78 is 27.9. The van der Waals surface area contributed by atoms with Crippen molar-refractivity contribution in [3.63, 3.8) is 0 Å². The van der Waals surface area contributed by atoms with E-state index in [1.165, 1.54) is 48.1 Å². The monoisotopic (exact) mass is 591 g/mol. The maximum absolute atomic E-state index is 13.9. The SMILES string of the molecule is COCCO.COc1ccc(F)cc1CCn1c(=O)n(C(C)C(=O)NC(C)C)c(=O)c2c(C)c(-n3cccn3)sc21.[HH]. The summed E-state index contributed by atoms with van der Waals surface area (Å²) in [5.74, 6) is -0.347. The molecule has 3 heterocycles. The fourth-order valence-corrected chi connectivity index (χ4v) is 5.55. The van der Waals surface area contributed by atoms with Gasteiger partial charge in [-0.25, -0.2) is 18.4 Å². The summed E-state index contributed by atoms with van der Waals surface area (Å²) in [7, 11) is 3.05. The van der Waals surface area contributed by atoms with Gasteiger partial charge in [-0.3, -0.25) is 14.2 Å². The lowest BCUT2D eigenvalue weighted by Crippen LogP contribution is -2.47. The minimum atomic E-state index is -1.03. The number of benzene rings is 1. The number of methoxy groups -OCH3 is 2. The van der Waals surface area contributed by atoms with E-state index in [2.05, 4.69) is 15.2 Å². The Labute approximate surface area is 242 Å². The molecule has 0 aliphatic rings. The van der Waals surface area contributed by atoms with Crippen LogP contribution in [0.25, 0.3) is 15.2 Å². The van der Waals surface area contributed by atoms with Gasteiger partial charge in [0.25, 0.3) is 5.56 Å². The number of carbonyl (C=O) groups is 1. The van der Waals surface area contributed by atoms with Crippen LogP contribution in [0.15, 0.2) is 46.2 Å². The predicted molar refractivity (Wildman–Crippen MR) is 158 cm³/mol. The average molecular weight is 592 g/mol. The molecule has 1 amide bonds. The van der Waals surface area contributed by atoms with Crippen molar-refractivity contribution in [1.82, 2.24) is 24.2 Å². The fraction of sp³-hybridized carbons (Fsp3) is 0.429. The van der Waals surface area contributed by atoms with Crippen LogP contribution in [0, 0.1) is 12.7 Å². The van der Waals surface area contributed by atoms with Gasteiger partial charge in [-0.15, -0.1) is 0 Å². The van der Waals surface area contributed by atoms with E-state index in [1.54, 1.807) is 51.0 Å². The number of aliphatic hydroxyl groups is 1. The molecule has 224 valence electrons. The smallest absolute Gasteiger partial charge is 0.332 e. The Morgan fingerprint density at radius 1 is 1.24 bits per heavy atom. The largest absolute Gasteiger partial charge is 0.496 e. The molecule has 0 aliphatic heterocycles. The average Bonchev–Trinajstić information content (AvgIpc) is 3.57. The van der Waals surface area contributed by atoms with Crippen molar-refractivity contribution in [1.29, 1.82) is 0 Å². The number of aliphatic hydroxyl groups excluding tert-OH is 1. The summed E-state index contributed by atoms with van der Waals surface area (Å²) >= 11 is 1.27. The molecule has 13 heteroatoms. The van der Waals surface area contributed by atoms with Crippen molar-refractivity contribution in [3.05, 3.63) is 74.4 Å². The van der Waals surface area contributed by atoms with Crippen molar-refractivity contribution in [3.8, 4) is 10.8 Å². The van der Waals surface area contributed by atoms with Gasteiger partial charge in [0.2, 0.25) is 5.91 Å². The summed E-state index contributed by atoms with van der Waals surface area (Å²) in [6.07, 6.45) is 3.66. The van der Waals surface area contributed by atoms with E-state index >= 15 is 0 Å². The molecule has 0 radical (unpaired) electrons. The van der Waals surface area contributed by atoms with E-state index in [1.807, 2.05) is 0 Å². The van der Waals surface area contributed by atoms with Crippen LogP contribution in [0.4, 0.5) is 4.39 Å². The maximum Gasteiger partial charge on any atom is 0.332 e. The quantitative estimate of drug-likeness (QED) is 0.290. The molecule has 11 nitrogen and oxygen atoms in total. The number of nitrogens with zero attached hydrogens (tertiary/aromatic N) is 4. The van der Waals surface area contributed by atoms with E-state index in [9.17, 15) is 18.8 Å². The van der Waals surface area contributed by atoms with Crippen LogP contribution < -0.4 is 21.3 Å². The van der Waals surface area contributed by atoms with E-state index in [0.29, 0.717) is 38.7 Å². The summed E-state index contributed by atoms with van der Waals surface area (Å²) in [6, 6.07) is 4.79. The zero-order valence-electron chi connectivity index (χ0n) is 24.0. The molecule has 4 aromatic rings. The number of ether oxygens (including phenoxy) is 2. The number of carbonyl (C=O) groups excluding carboxylic acids is 1. The molecule has 1 atom stereocenters. The Bertz CT molecular complexity index is 1600. The molecule has 1 aromatic carbocycles. The minimum absolute atomic E-state index is 0. The lowest BCUT2D eigenvalue weighted by atomic mass is 10.1. The van der Waals surface area contributed by atoms with E-state index in [4.69, 9.17) is 9.84 Å². The number of rotatable bonds is 10. The highest BCUT2D eigenvalue weighted by atomic mass is 32.1. The van der Waals surface area contributed by atoms with E-state index in [-0.39, 0.29) is 27.0 Å². The van der Waals surface area contributed by atoms with Crippen LogP contribution in [0.1, 0.15) is 39.4 Å². The Hall–Kier alpha value is -3.81. The molecule has 0 bridgehead atoms. The Morgan fingerprint density at radius 3 is 2.54 bits per heavy atom. The highest BCUT2D eigenvalue weighted by Crippen LogP contribution is 2.31. The van der Waals surface area contributed by atoms with Crippen LogP contribution in [-0.2, 0) is 22.5 Å². The van der Waals surface area contributed by atoms with Crippen molar-refractivity contribution in [2.75, 3.05) is 27.4 Å². The van der Waals surface area contributed by atoms with Crippen molar-refractivity contribution in [2.45, 2.75) is 52.7 Å². The second-order valence-electron chi connectivity index (χ2n) is 9.53. The van der Waals surface area contributed by atoms with E-state index in [0.717, 1.165) is 4.57 Å². The number of nitrogens with one attached hydrogen (secondary N) is 1. The molecule has 0 saturated heterocycles. The Balaban J connectivity index is 0.000000947. The lowest BCUT2D eigenvalue weighted by molar-refractivity contribution is -0.124. The third-order valence-corrected chi connectivity index (χ3v) is 7.58. The standard InChI is InChI=1S/C25H28FN5O4S.C3H8O2.H2/c1-14(2)28-21(32)16(4)31-22(33)20-15(3)23(30-11-6-10-27-30)36-24(20)29(25(31)34)12-9-17-13-18(26)7-8-19(17)35-5;1-5-3-2-4;/h6-8,10-11,13-14,16H,9,12H2,1-5H3,(H,28,32);4H,2-3H2,1H3;1H. The summed E-state index contributed by atoms with van der Waals surface area (Å²) in [5, 5.41) is 16.0. The summed E-state index contributed by atoms with van der Waals surface area (Å²) in [6.45, 7) is 7.65. The molecule has 3 aromatic heterocycles. The second-order valence-corrected chi connectivity index (χ2v) is 10.5. The molecule has 2 N–H and O–H groups in total. The summed E-state index contributed by atoms with van der Waals surface area (Å²) in [5.41, 5.74) is 0.100. The van der Waals surface area contributed by atoms with E-state index < -0.39 is 29.0 Å². The van der Waals surface area contributed by atoms with Crippen molar-refractivity contribution < 1.29 is 25.2 Å². The van der Waals surface area contributed by atoms with Crippen LogP contribution in [0.2, 0.25) is 0 Å². The van der Waals surface area contributed by atoms with Crippen molar-refractivity contribution in [2.24, 2.45) is 0 Å². The first-order valence-electron chi connectivity index (χ1n) is 13.1. The zero-order chi connectivity index (χ0) is 30.3. The number of thiophene rings is 1. The van der Waals surface area contributed by atoms with Gasteiger partial charge in [0, 0.05) is 39.1 Å². The van der Waals surface area contributed by atoms with Crippen LogP contribution in [0.3, 0.4) is 0 Å². The van der Waals surface area contributed by atoms with Gasteiger partial charge in [0.05, 0.1) is 25.7 Å². The van der Waals surface area contributed by atoms with Crippen LogP contribution >= 0.6 is 11.3 Å². The third-order valence-electron chi connectivity index (χ3n) is 6.27. The van der Waals surface area contributed by atoms with Gasteiger partial charge in [0.1, 0.15) is 27.4 Å². The number of fused-ring (bicyclic) bond motifs is 1. The number of halogens is 1. The number of aromatic nitrogens is 4. The van der Waals surface area contributed by atoms with Crippen molar-refractivity contribution >= 4 is 27.5 Å². The van der Waals surface area contributed by atoms with Crippen LogP contribution in [-0.4, -0.2) is 63.4 Å². The molecule has 0 fully saturated rings. The third kappa shape index (κ3) is 7.10. The molecule has 41 heavy (non-hydrogen) atoms. The number of hydrogen-bond donors (Lipinski definition) is 2. The van der Waals surface area contributed by atoms with Gasteiger partial charge in [-0.1, -0.05) is 11.3 Å².